The Morgan fingerprint density at radius 3 is 2.56 bits per heavy atom. The Kier molecular flexibility index (Phi) is 6.11. The average Bonchev–Trinajstić information content (AvgIpc) is 2.29. The summed E-state index contributed by atoms with van der Waals surface area (Å²) in [6.07, 6.45) is 8.96. The molecule has 1 saturated carbocycles. The van der Waals surface area contributed by atoms with Crippen molar-refractivity contribution in [3.05, 3.63) is 12.2 Å². The molecule has 92 valence electrons. The molecular weight excluding hydrogens is 206 g/mol. The van der Waals surface area contributed by atoms with E-state index in [0.717, 1.165) is 0 Å². The molecule has 4 nitrogen and oxygen atoms in total. The number of nitrogens with zero attached hydrogens (tertiary/aromatic N) is 1. The molecule has 0 unspecified atom stereocenters. The van der Waals surface area contributed by atoms with Crippen LogP contribution >= 0.6 is 0 Å². The van der Waals surface area contributed by atoms with Crippen LogP contribution in [0.3, 0.4) is 0 Å². The molecule has 0 atom stereocenters. The van der Waals surface area contributed by atoms with Gasteiger partial charge in [0.2, 0.25) is 0 Å². The summed E-state index contributed by atoms with van der Waals surface area (Å²) < 4.78 is 0. The van der Waals surface area contributed by atoms with Gasteiger partial charge in [0.1, 0.15) is 0 Å². The summed E-state index contributed by atoms with van der Waals surface area (Å²) in [6, 6.07) is 0.513. The minimum atomic E-state index is -0.910. The lowest BCUT2D eigenvalue weighted by Crippen LogP contribution is -2.38. The van der Waals surface area contributed by atoms with Crippen LogP contribution in [-0.4, -0.2) is 46.8 Å². The van der Waals surface area contributed by atoms with Gasteiger partial charge in [-0.15, -0.1) is 0 Å². The Bertz CT molecular complexity index is 234. The molecule has 0 bridgehead atoms. The first-order chi connectivity index (χ1) is 7.74. The minimum Gasteiger partial charge on any atom is -0.478 e. The Morgan fingerprint density at radius 2 is 2.00 bits per heavy atom. The number of aliphatic carboxylic acids is 1. The smallest absolute Gasteiger partial charge is 0.328 e. The zero-order chi connectivity index (χ0) is 11.8. The number of carboxylic acid groups (broad SMARTS) is 1. The number of aliphatic hydroxyl groups excluding tert-OH is 1. The van der Waals surface area contributed by atoms with Crippen LogP contribution < -0.4 is 0 Å². The van der Waals surface area contributed by atoms with Crippen molar-refractivity contribution in [1.29, 1.82) is 0 Å². The Hall–Kier alpha value is -0.870. The highest BCUT2D eigenvalue weighted by molar-refractivity contribution is 5.79. The predicted molar refractivity (Wildman–Crippen MR) is 62.3 cm³/mol. The summed E-state index contributed by atoms with van der Waals surface area (Å²) in [6.45, 7) is 1.39. The minimum absolute atomic E-state index is 0.136. The van der Waals surface area contributed by atoms with Crippen LogP contribution in [-0.2, 0) is 4.79 Å². The molecule has 1 aliphatic carbocycles. The average molecular weight is 227 g/mol. The van der Waals surface area contributed by atoms with E-state index >= 15 is 0 Å². The Morgan fingerprint density at radius 1 is 1.31 bits per heavy atom. The molecule has 0 aliphatic heterocycles. The van der Waals surface area contributed by atoms with E-state index in [1.165, 1.54) is 38.2 Å². The maximum Gasteiger partial charge on any atom is 0.328 e. The SMILES string of the molecule is O=C(O)C=CCN(CCO)C1CCCCC1. The second-order valence-electron chi connectivity index (χ2n) is 4.25. The second kappa shape index (κ2) is 7.41. The van der Waals surface area contributed by atoms with Crippen LogP contribution in [0.15, 0.2) is 12.2 Å². The van der Waals surface area contributed by atoms with Gasteiger partial charge in [0.05, 0.1) is 6.61 Å². The van der Waals surface area contributed by atoms with E-state index in [-0.39, 0.29) is 6.61 Å². The maximum atomic E-state index is 10.4. The topological polar surface area (TPSA) is 60.8 Å². The van der Waals surface area contributed by atoms with Crippen LogP contribution in [0.2, 0.25) is 0 Å². The van der Waals surface area contributed by atoms with Gasteiger partial charge in [0.15, 0.2) is 0 Å². The molecule has 0 saturated heterocycles. The van der Waals surface area contributed by atoms with Crippen molar-refractivity contribution in [1.82, 2.24) is 4.90 Å². The number of carbonyl (C=O) groups is 1. The standard InChI is InChI=1S/C12H21NO3/c14-10-9-13(8-4-7-12(15)16)11-5-2-1-3-6-11/h4,7,11,14H,1-3,5-6,8-10H2,(H,15,16). The molecule has 1 aliphatic rings. The van der Waals surface area contributed by atoms with E-state index in [4.69, 9.17) is 10.2 Å². The first kappa shape index (κ1) is 13.2. The molecule has 0 spiro atoms. The molecule has 0 aromatic rings. The normalized spacial score (nSPS) is 18.4. The van der Waals surface area contributed by atoms with E-state index in [1.807, 2.05) is 0 Å². The second-order valence-corrected chi connectivity index (χ2v) is 4.25. The zero-order valence-electron chi connectivity index (χ0n) is 9.64. The van der Waals surface area contributed by atoms with Gasteiger partial charge >= 0.3 is 5.97 Å². The van der Waals surface area contributed by atoms with Crippen molar-refractivity contribution in [2.75, 3.05) is 19.7 Å². The summed E-state index contributed by atoms with van der Waals surface area (Å²) in [5.74, 6) is -0.910. The largest absolute Gasteiger partial charge is 0.478 e. The quantitative estimate of drug-likeness (QED) is 0.670. The van der Waals surface area contributed by atoms with E-state index in [1.54, 1.807) is 6.08 Å². The zero-order valence-corrected chi connectivity index (χ0v) is 9.64. The molecule has 1 fully saturated rings. The van der Waals surface area contributed by atoms with Crippen LogP contribution in [0, 0.1) is 0 Å². The molecule has 0 amide bonds. The third-order valence-electron chi connectivity index (χ3n) is 3.08. The summed E-state index contributed by atoms with van der Waals surface area (Å²) in [4.78, 5) is 12.5. The van der Waals surface area contributed by atoms with Crippen LogP contribution in [0.5, 0.6) is 0 Å². The molecule has 0 aromatic carbocycles. The van der Waals surface area contributed by atoms with Gasteiger partial charge in [-0.05, 0) is 12.8 Å². The van der Waals surface area contributed by atoms with Crippen molar-refractivity contribution < 1.29 is 15.0 Å². The lowest BCUT2D eigenvalue weighted by molar-refractivity contribution is -0.131. The van der Waals surface area contributed by atoms with Crippen LogP contribution in [0.4, 0.5) is 0 Å². The number of hydrogen-bond acceptors (Lipinski definition) is 3. The molecule has 0 radical (unpaired) electrons. The molecule has 2 N–H and O–H groups in total. The van der Waals surface area contributed by atoms with E-state index in [2.05, 4.69) is 4.90 Å². The van der Waals surface area contributed by atoms with Crippen molar-refractivity contribution in [3.63, 3.8) is 0 Å². The van der Waals surface area contributed by atoms with Crippen molar-refractivity contribution >= 4 is 5.97 Å². The first-order valence-corrected chi connectivity index (χ1v) is 5.98. The summed E-state index contributed by atoms with van der Waals surface area (Å²) in [7, 11) is 0. The first-order valence-electron chi connectivity index (χ1n) is 5.98. The lowest BCUT2D eigenvalue weighted by atomic mass is 9.94. The molecule has 16 heavy (non-hydrogen) atoms. The molecule has 0 heterocycles. The summed E-state index contributed by atoms with van der Waals surface area (Å²) in [5, 5.41) is 17.5. The van der Waals surface area contributed by atoms with Gasteiger partial charge in [-0.3, -0.25) is 4.90 Å². The number of rotatable bonds is 6. The van der Waals surface area contributed by atoms with Crippen molar-refractivity contribution in [3.8, 4) is 0 Å². The van der Waals surface area contributed by atoms with Gasteiger partial charge in [-0.1, -0.05) is 25.3 Å². The fourth-order valence-corrected chi connectivity index (χ4v) is 2.29. The fraction of sp³-hybridized carbons (Fsp3) is 0.750. The van der Waals surface area contributed by atoms with Crippen LogP contribution in [0.25, 0.3) is 0 Å². The highest BCUT2D eigenvalue weighted by Crippen LogP contribution is 2.22. The van der Waals surface area contributed by atoms with E-state index in [9.17, 15) is 4.79 Å². The highest BCUT2D eigenvalue weighted by Gasteiger charge is 2.19. The Labute approximate surface area is 96.6 Å². The summed E-state index contributed by atoms with van der Waals surface area (Å²) in [5.41, 5.74) is 0. The van der Waals surface area contributed by atoms with E-state index in [0.29, 0.717) is 19.1 Å². The number of hydrogen-bond donors (Lipinski definition) is 2. The van der Waals surface area contributed by atoms with Gasteiger partial charge in [0.25, 0.3) is 0 Å². The lowest BCUT2D eigenvalue weighted by Gasteiger charge is -2.33. The third kappa shape index (κ3) is 4.77. The van der Waals surface area contributed by atoms with Crippen LogP contribution in [0.1, 0.15) is 32.1 Å². The number of aliphatic hydroxyl groups is 1. The van der Waals surface area contributed by atoms with Gasteiger partial charge < -0.3 is 10.2 Å². The Balaban J connectivity index is 2.41. The van der Waals surface area contributed by atoms with Gasteiger partial charge in [-0.25, -0.2) is 4.79 Å². The molecule has 0 aromatic heterocycles. The van der Waals surface area contributed by atoms with E-state index < -0.39 is 5.97 Å². The molecule has 4 heteroatoms. The fourth-order valence-electron chi connectivity index (χ4n) is 2.29. The molecular formula is C12H21NO3. The van der Waals surface area contributed by atoms with Gasteiger partial charge in [-0.2, -0.15) is 0 Å². The third-order valence-corrected chi connectivity index (χ3v) is 3.08. The van der Waals surface area contributed by atoms with Crippen molar-refractivity contribution in [2.45, 2.75) is 38.1 Å². The summed E-state index contributed by atoms with van der Waals surface area (Å²) >= 11 is 0. The van der Waals surface area contributed by atoms with Gasteiger partial charge in [0, 0.05) is 25.2 Å². The monoisotopic (exact) mass is 227 g/mol. The molecule has 1 rings (SSSR count). The van der Waals surface area contributed by atoms with Crippen molar-refractivity contribution in [2.24, 2.45) is 0 Å². The maximum absolute atomic E-state index is 10.4. The number of carboxylic acids is 1. The highest BCUT2D eigenvalue weighted by atomic mass is 16.4. The predicted octanol–water partition coefficient (Wildman–Crippen LogP) is 1.25.